The first-order chi connectivity index (χ1) is 9.93. The largest absolute Gasteiger partial charge is 0.384 e. The van der Waals surface area contributed by atoms with Crippen LogP contribution in [0.25, 0.3) is 0 Å². The number of aliphatic imine (C=N–C) groups is 1. The average molecular weight is 263 g/mol. The minimum absolute atomic E-state index is 1.10. The molecule has 2 aromatic carbocycles. The number of rotatable bonds is 0. The van der Waals surface area contributed by atoms with Gasteiger partial charge in [0.25, 0.3) is 0 Å². The Hall–Kier alpha value is -2.55. The Morgan fingerprint density at radius 1 is 0.900 bits per heavy atom. The first kappa shape index (κ1) is 12.5. The van der Waals surface area contributed by atoms with Crippen molar-refractivity contribution in [3.63, 3.8) is 0 Å². The van der Waals surface area contributed by atoms with Crippen LogP contribution in [0.5, 0.6) is 0 Å². The van der Waals surface area contributed by atoms with Gasteiger partial charge in [-0.1, -0.05) is 36.4 Å². The zero-order chi connectivity index (χ0) is 13.6. The Morgan fingerprint density at radius 3 is 2.60 bits per heavy atom. The van der Waals surface area contributed by atoms with Gasteiger partial charge in [-0.05, 0) is 24.1 Å². The molecule has 2 N–H and O–H groups in total. The fraction of sp³-hybridized carbons (Fsp3) is 0.118. The van der Waals surface area contributed by atoms with E-state index < -0.39 is 0 Å². The predicted octanol–water partition coefficient (Wildman–Crippen LogP) is 3.66. The van der Waals surface area contributed by atoms with Gasteiger partial charge in [-0.25, -0.2) is 0 Å². The van der Waals surface area contributed by atoms with Crippen molar-refractivity contribution >= 4 is 17.6 Å². The molecule has 0 saturated carbocycles. The number of anilines is 2. The van der Waals surface area contributed by atoms with Gasteiger partial charge in [0.15, 0.2) is 0 Å². The van der Waals surface area contributed by atoms with Crippen LogP contribution in [0.3, 0.4) is 0 Å². The first-order valence-corrected chi connectivity index (χ1v) is 6.79. The Labute approximate surface area is 119 Å². The third-order valence-electron chi connectivity index (χ3n) is 3.30. The maximum Gasteiger partial charge on any atom is 0.0469 e. The molecule has 0 saturated heterocycles. The van der Waals surface area contributed by atoms with Crippen molar-refractivity contribution in [2.75, 3.05) is 17.2 Å². The molecule has 2 aliphatic heterocycles. The Balaban J connectivity index is 0.000000123. The highest BCUT2D eigenvalue weighted by molar-refractivity contribution is 5.88. The second-order valence-electron chi connectivity index (χ2n) is 4.66. The molecule has 20 heavy (non-hydrogen) atoms. The van der Waals surface area contributed by atoms with Crippen LogP contribution in [0, 0.1) is 0 Å². The molecule has 100 valence electrons. The third-order valence-corrected chi connectivity index (χ3v) is 3.30. The van der Waals surface area contributed by atoms with Crippen molar-refractivity contribution in [2.45, 2.75) is 6.42 Å². The van der Waals surface area contributed by atoms with Crippen molar-refractivity contribution < 1.29 is 0 Å². The zero-order valence-corrected chi connectivity index (χ0v) is 11.2. The molecule has 0 radical (unpaired) electrons. The highest BCUT2D eigenvalue weighted by Gasteiger charge is 2.05. The highest BCUT2D eigenvalue weighted by atomic mass is 14.9. The van der Waals surface area contributed by atoms with Gasteiger partial charge >= 0.3 is 0 Å². The molecule has 0 atom stereocenters. The number of fused-ring (bicyclic) bond motifs is 2. The summed E-state index contributed by atoms with van der Waals surface area (Å²) in [6, 6.07) is 16.5. The number of hydrogen-bond acceptors (Lipinski definition) is 3. The lowest BCUT2D eigenvalue weighted by atomic mass is 10.2. The van der Waals surface area contributed by atoms with Gasteiger partial charge < -0.3 is 10.6 Å². The van der Waals surface area contributed by atoms with Crippen molar-refractivity contribution in [1.82, 2.24) is 0 Å². The van der Waals surface area contributed by atoms with E-state index in [1.54, 1.807) is 6.20 Å². The minimum atomic E-state index is 1.10. The maximum atomic E-state index is 4.04. The van der Waals surface area contributed by atoms with Crippen molar-refractivity contribution in [1.29, 1.82) is 0 Å². The van der Waals surface area contributed by atoms with Gasteiger partial charge in [0.1, 0.15) is 0 Å². The highest BCUT2D eigenvalue weighted by Crippen LogP contribution is 2.20. The maximum absolute atomic E-state index is 4.04. The zero-order valence-electron chi connectivity index (χ0n) is 11.2. The van der Waals surface area contributed by atoms with E-state index in [-0.39, 0.29) is 0 Å². The quantitative estimate of drug-likeness (QED) is 0.761. The van der Waals surface area contributed by atoms with Crippen LogP contribution in [0.4, 0.5) is 11.4 Å². The minimum Gasteiger partial charge on any atom is -0.384 e. The van der Waals surface area contributed by atoms with Crippen LogP contribution >= 0.6 is 0 Å². The fourth-order valence-electron chi connectivity index (χ4n) is 2.28. The summed E-state index contributed by atoms with van der Waals surface area (Å²) < 4.78 is 0. The average Bonchev–Trinajstić information content (AvgIpc) is 2.85. The lowest BCUT2D eigenvalue weighted by molar-refractivity contribution is 1.11. The van der Waals surface area contributed by atoms with E-state index in [1.165, 1.54) is 17.7 Å². The molecule has 3 heteroatoms. The monoisotopic (exact) mass is 263 g/mol. The number of nitrogens with one attached hydrogen (secondary N) is 2. The molecular weight excluding hydrogens is 246 g/mol. The summed E-state index contributed by atoms with van der Waals surface area (Å²) in [5.74, 6) is 0. The standard InChI is InChI=1S/C9H8N2.C8H9N/c1-2-4-9-8(3-1)7-10-5-6-11-9;1-2-4-8-7(3-1)5-6-9-8/h1-7,11H;1-4,9H,5-6H2. The second kappa shape index (κ2) is 6.06. The molecule has 0 bridgehead atoms. The molecule has 0 spiro atoms. The molecule has 0 amide bonds. The Kier molecular flexibility index (Phi) is 3.78. The molecule has 2 aliphatic rings. The van der Waals surface area contributed by atoms with E-state index in [9.17, 15) is 0 Å². The normalized spacial score (nSPS) is 14.0. The lowest BCUT2D eigenvalue weighted by Gasteiger charge is -2.01. The van der Waals surface area contributed by atoms with Crippen LogP contribution in [-0.4, -0.2) is 12.8 Å². The van der Waals surface area contributed by atoms with Gasteiger partial charge in [-0.15, -0.1) is 0 Å². The Bertz CT molecular complexity index is 621. The summed E-state index contributed by atoms with van der Waals surface area (Å²) >= 11 is 0. The molecule has 2 heterocycles. The first-order valence-electron chi connectivity index (χ1n) is 6.79. The fourth-order valence-corrected chi connectivity index (χ4v) is 2.28. The summed E-state index contributed by atoms with van der Waals surface area (Å²) in [4.78, 5) is 4.04. The molecule has 0 aromatic heterocycles. The van der Waals surface area contributed by atoms with Gasteiger partial charge in [-0.3, -0.25) is 4.99 Å². The summed E-state index contributed by atoms with van der Waals surface area (Å²) in [7, 11) is 0. The van der Waals surface area contributed by atoms with Crippen molar-refractivity contribution in [3.8, 4) is 0 Å². The van der Waals surface area contributed by atoms with E-state index in [2.05, 4.69) is 39.9 Å². The number of benzene rings is 2. The predicted molar refractivity (Wildman–Crippen MR) is 85.4 cm³/mol. The van der Waals surface area contributed by atoms with E-state index in [1.807, 2.05) is 36.7 Å². The summed E-state index contributed by atoms with van der Waals surface area (Å²) in [6.45, 7) is 1.11. The lowest BCUT2D eigenvalue weighted by Crippen LogP contribution is -1.90. The van der Waals surface area contributed by atoms with E-state index in [4.69, 9.17) is 0 Å². The van der Waals surface area contributed by atoms with Crippen LogP contribution in [-0.2, 0) is 6.42 Å². The molecule has 0 fully saturated rings. The molecule has 2 aromatic rings. The van der Waals surface area contributed by atoms with Crippen molar-refractivity contribution in [3.05, 3.63) is 72.1 Å². The summed E-state index contributed by atoms with van der Waals surface area (Å²) in [5, 5.41) is 6.42. The van der Waals surface area contributed by atoms with Crippen molar-refractivity contribution in [2.24, 2.45) is 4.99 Å². The van der Waals surface area contributed by atoms with E-state index in [0.717, 1.165) is 17.8 Å². The van der Waals surface area contributed by atoms with Crippen LogP contribution in [0.2, 0.25) is 0 Å². The molecule has 3 nitrogen and oxygen atoms in total. The Morgan fingerprint density at radius 2 is 1.70 bits per heavy atom. The topological polar surface area (TPSA) is 36.4 Å². The smallest absolute Gasteiger partial charge is 0.0469 e. The van der Waals surface area contributed by atoms with E-state index >= 15 is 0 Å². The van der Waals surface area contributed by atoms with Gasteiger partial charge in [0.2, 0.25) is 0 Å². The number of para-hydroxylation sites is 2. The van der Waals surface area contributed by atoms with Gasteiger partial charge in [0.05, 0.1) is 0 Å². The number of hydrogen-bond donors (Lipinski definition) is 2. The van der Waals surface area contributed by atoms with Gasteiger partial charge in [0, 0.05) is 42.1 Å². The molecule has 0 aliphatic carbocycles. The summed E-state index contributed by atoms with van der Waals surface area (Å²) in [6.07, 6.45) is 6.59. The van der Waals surface area contributed by atoms with Crippen LogP contribution < -0.4 is 10.6 Å². The molecule has 0 unspecified atom stereocenters. The number of nitrogens with zero attached hydrogens (tertiary/aromatic N) is 1. The van der Waals surface area contributed by atoms with E-state index in [0.29, 0.717) is 0 Å². The third kappa shape index (κ3) is 2.88. The van der Waals surface area contributed by atoms with Crippen LogP contribution in [0.15, 0.2) is 65.9 Å². The second-order valence-corrected chi connectivity index (χ2v) is 4.66. The molecule has 4 rings (SSSR count). The van der Waals surface area contributed by atoms with Crippen LogP contribution in [0.1, 0.15) is 11.1 Å². The summed E-state index contributed by atoms with van der Waals surface area (Å²) in [5.41, 5.74) is 5.00. The molecular formula is C17H17N3. The van der Waals surface area contributed by atoms with Gasteiger partial charge in [-0.2, -0.15) is 0 Å². The SMILES string of the molecule is C1=CNc2ccccc2C=N1.c1ccc2c(c1)CCN2.